The summed E-state index contributed by atoms with van der Waals surface area (Å²) in [6.45, 7) is 9.54. The lowest BCUT2D eigenvalue weighted by Gasteiger charge is -2.31. The van der Waals surface area contributed by atoms with E-state index in [2.05, 4.69) is 30.8 Å². The van der Waals surface area contributed by atoms with Gasteiger partial charge in [-0.25, -0.2) is 9.69 Å². The summed E-state index contributed by atoms with van der Waals surface area (Å²) in [5.41, 5.74) is 3.15. The Hall–Kier alpha value is -4.69. The smallest absolute Gasteiger partial charge is 0.416 e. The standard InChI is InChI=1S/C36H42N4O9S/c1-21-12-23-18-37-26-16-31(29(45-3)14-24(26)33(41)38(23)19-21)47-8-6-5-7-9-48-32-17-27-25(15-30(32)46-4)34(42)39-20-22(2)13-28(39)35(43)40(27)36(44)49-10-11-50/h14-18,23,28,35,43,50H,1-2,5-13,19-20H2,3-4H3/t23-,28-,35-/m0/s1. The second-order valence-electron chi connectivity index (χ2n) is 12.6. The number of hydrogen-bond acceptors (Lipinski definition) is 11. The first kappa shape index (κ1) is 35.1. The summed E-state index contributed by atoms with van der Waals surface area (Å²) in [7, 11) is 3.01. The third kappa shape index (κ3) is 6.86. The molecule has 1 N–H and O–H groups in total. The van der Waals surface area contributed by atoms with Gasteiger partial charge in [0.2, 0.25) is 0 Å². The van der Waals surface area contributed by atoms with Crippen molar-refractivity contribution < 1.29 is 43.2 Å². The van der Waals surface area contributed by atoms with E-state index in [1.807, 2.05) is 0 Å². The predicted molar refractivity (Wildman–Crippen MR) is 190 cm³/mol. The van der Waals surface area contributed by atoms with Crippen molar-refractivity contribution in [2.45, 2.75) is 50.4 Å². The number of nitrogens with zero attached hydrogens (tertiary/aromatic N) is 4. The molecule has 0 spiro atoms. The van der Waals surface area contributed by atoms with Gasteiger partial charge in [0, 0.05) is 37.2 Å². The molecule has 4 aliphatic heterocycles. The number of ether oxygens (including phenoxy) is 5. The molecule has 2 fully saturated rings. The number of amides is 3. The molecule has 0 radical (unpaired) electrons. The summed E-state index contributed by atoms with van der Waals surface area (Å²) >= 11 is 4.12. The summed E-state index contributed by atoms with van der Waals surface area (Å²) in [5, 5.41) is 11.4. The molecular weight excluding hydrogens is 664 g/mol. The summed E-state index contributed by atoms with van der Waals surface area (Å²) in [6.07, 6.45) is 2.82. The maximum absolute atomic E-state index is 13.7. The van der Waals surface area contributed by atoms with Crippen molar-refractivity contribution in [2.75, 3.05) is 57.8 Å². The Bertz CT molecular complexity index is 1730. The molecular formula is C36H42N4O9S. The van der Waals surface area contributed by atoms with E-state index in [-0.39, 0.29) is 42.3 Å². The van der Waals surface area contributed by atoms with Crippen LogP contribution in [0.15, 0.2) is 53.6 Å². The van der Waals surface area contributed by atoms with Crippen LogP contribution in [-0.4, -0.2) is 110 Å². The number of thiol groups is 1. The first-order valence-corrected chi connectivity index (χ1v) is 17.2. The van der Waals surface area contributed by atoms with Gasteiger partial charge in [0.25, 0.3) is 11.8 Å². The molecule has 14 heteroatoms. The molecule has 0 saturated carbocycles. The van der Waals surface area contributed by atoms with Crippen LogP contribution in [0.2, 0.25) is 0 Å². The summed E-state index contributed by atoms with van der Waals surface area (Å²) in [6, 6.07) is 5.72. The second kappa shape index (κ2) is 15.1. The van der Waals surface area contributed by atoms with Gasteiger partial charge in [0.15, 0.2) is 29.2 Å². The summed E-state index contributed by atoms with van der Waals surface area (Å²) in [4.78, 5) is 49.1. The maximum atomic E-state index is 13.7. The van der Waals surface area contributed by atoms with Crippen LogP contribution in [-0.2, 0) is 4.74 Å². The molecule has 4 aliphatic rings. The molecule has 0 aliphatic carbocycles. The number of carbonyl (C=O) groups excluding carboxylic acids is 3. The molecule has 13 nitrogen and oxygen atoms in total. The van der Waals surface area contributed by atoms with Crippen molar-refractivity contribution in [1.82, 2.24) is 9.80 Å². The zero-order valence-electron chi connectivity index (χ0n) is 28.3. The number of aliphatic hydroxyl groups excluding tert-OH is 1. The van der Waals surface area contributed by atoms with Gasteiger partial charge < -0.3 is 38.6 Å². The van der Waals surface area contributed by atoms with Crippen molar-refractivity contribution in [3.05, 3.63) is 59.7 Å². The molecule has 2 aromatic carbocycles. The molecule has 2 aromatic rings. The normalized spacial score (nSPS) is 20.9. The highest BCUT2D eigenvalue weighted by molar-refractivity contribution is 7.80. The molecule has 4 heterocycles. The minimum atomic E-state index is -1.36. The first-order chi connectivity index (χ1) is 24.1. The number of anilines is 1. The largest absolute Gasteiger partial charge is 0.493 e. The van der Waals surface area contributed by atoms with Crippen LogP contribution in [0, 0.1) is 0 Å². The number of rotatable bonds is 12. The molecule has 3 atom stereocenters. The number of hydrogen-bond donors (Lipinski definition) is 2. The van der Waals surface area contributed by atoms with E-state index in [1.54, 1.807) is 23.2 Å². The van der Waals surface area contributed by atoms with Gasteiger partial charge in [-0.2, -0.15) is 12.6 Å². The minimum Gasteiger partial charge on any atom is -0.493 e. The van der Waals surface area contributed by atoms with Crippen molar-refractivity contribution in [1.29, 1.82) is 0 Å². The third-order valence-corrected chi connectivity index (χ3v) is 9.38. The molecule has 0 unspecified atom stereocenters. The average Bonchev–Trinajstić information content (AvgIpc) is 3.65. The molecule has 0 bridgehead atoms. The van der Waals surface area contributed by atoms with E-state index in [1.165, 1.54) is 31.3 Å². The number of carbonyl (C=O) groups is 3. The highest BCUT2D eigenvalue weighted by Crippen LogP contribution is 2.42. The Balaban J connectivity index is 1.09. The Kier molecular flexibility index (Phi) is 10.6. The quantitative estimate of drug-likeness (QED) is 0.181. The van der Waals surface area contributed by atoms with Crippen LogP contribution in [0.5, 0.6) is 23.0 Å². The van der Waals surface area contributed by atoms with Gasteiger partial charge in [-0.05, 0) is 44.2 Å². The molecule has 266 valence electrons. The van der Waals surface area contributed by atoms with Crippen LogP contribution in [0.3, 0.4) is 0 Å². The zero-order valence-corrected chi connectivity index (χ0v) is 29.2. The number of aliphatic hydroxyl groups is 1. The second-order valence-corrected chi connectivity index (χ2v) is 13.1. The number of methoxy groups -OCH3 is 2. The van der Waals surface area contributed by atoms with Crippen LogP contribution in [0.1, 0.15) is 52.8 Å². The number of fused-ring (bicyclic) bond motifs is 4. The highest BCUT2D eigenvalue weighted by Gasteiger charge is 2.46. The third-order valence-electron chi connectivity index (χ3n) is 9.20. The lowest BCUT2D eigenvalue weighted by molar-refractivity contribution is 0.0493. The Morgan fingerprint density at radius 2 is 1.48 bits per heavy atom. The Morgan fingerprint density at radius 3 is 2.16 bits per heavy atom. The average molecular weight is 707 g/mol. The molecule has 50 heavy (non-hydrogen) atoms. The van der Waals surface area contributed by atoms with E-state index in [4.69, 9.17) is 23.7 Å². The first-order valence-electron chi connectivity index (χ1n) is 16.6. The van der Waals surface area contributed by atoms with E-state index >= 15 is 0 Å². The van der Waals surface area contributed by atoms with Crippen LogP contribution < -0.4 is 23.8 Å². The fourth-order valence-corrected chi connectivity index (χ4v) is 6.83. The predicted octanol–water partition coefficient (Wildman–Crippen LogP) is 4.79. The van der Waals surface area contributed by atoms with Crippen molar-refractivity contribution in [3.8, 4) is 23.0 Å². The van der Waals surface area contributed by atoms with Gasteiger partial charge >= 0.3 is 6.09 Å². The lowest BCUT2D eigenvalue weighted by Crippen LogP contribution is -2.51. The molecule has 0 aromatic heterocycles. The SMILES string of the molecule is C=C1C[C@H]2C=Nc3cc(OCCCCCOc4cc5c(cc4OC)C(=O)N4CC(=C)C[C@H]4[C@H](O)N5C(=O)OCCS)c(OC)cc3C(=O)N2C1. The summed E-state index contributed by atoms with van der Waals surface area (Å²) < 4.78 is 28.6. The molecule has 3 amide bonds. The minimum absolute atomic E-state index is 0.0293. The van der Waals surface area contributed by atoms with Crippen molar-refractivity contribution >= 4 is 48.1 Å². The van der Waals surface area contributed by atoms with Gasteiger partial charge in [-0.3, -0.25) is 14.6 Å². The Labute approximate surface area is 296 Å². The lowest BCUT2D eigenvalue weighted by atomic mass is 10.1. The zero-order chi connectivity index (χ0) is 35.5. The van der Waals surface area contributed by atoms with Gasteiger partial charge in [-0.15, -0.1) is 0 Å². The van der Waals surface area contributed by atoms with Crippen molar-refractivity contribution in [3.63, 3.8) is 0 Å². The van der Waals surface area contributed by atoms with E-state index in [0.717, 1.165) is 22.5 Å². The molecule has 6 rings (SSSR count). The van der Waals surface area contributed by atoms with Gasteiger partial charge in [0.1, 0.15) is 6.61 Å². The van der Waals surface area contributed by atoms with E-state index in [0.29, 0.717) is 85.4 Å². The fourth-order valence-electron chi connectivity index (χ4n) is 6.74. The van der Waals surface area contributed by atoms with E-state index in [9.17, 15) is 19.5 Å². The number of aliphatic imine (C=N–C) groups is 1. The van der Waals surface area contributed by atoms with Crippen LogP contribution in [0.4, 0.5) is 16.2 Å². The van der Waals surface area contributed by atoms with Crippen LogP contribution >= 0.6 is 12.6 Å². The maximum Gasteiger partial charge on any atom is 0.416 e. The number of unbranched alkanes of at least 4 members (excludes halogenated alkanes) is 2. The van der Waals surface area contributed by atoms with Crippen molar-refractivity contribution in [2.24, 2.45) is 4.99 Å². The summed E-state index contributed by atoms with van der Waals surface area (Å²) in [5.74, 6) is 1.43. The van der Waals surface area contributed by atoms with Crippen LogP contribution in [0.25, 0.3) is 0 Å². The van der Waals surface area contributed by atoms with Gasteiger partial charge in [0.05, 0.1) is 62.0 Å². The monoisotopic (exact) mass is 706 g/mol. The topological polar surface area (TPSA) is 140 Å². The number of benzene rings is 2. The molecule has 2 saturated heterocycles. The highest BCUT2D eigenvalue weighted by atomic mass is 32.1. The Morgan fingerprint density at radius 1 is 0.860 bits per heavy atom. The van der Waals surface area contributed by atoms with E-state index < -0.39 is 18.4 Å². The van der Waals surface area contributed by atoms with Gasteiger partial charge in [-0.1, -0.05) is 24.3 Å². The fraction of sp³-hybridized carbons (Fsp3) is 0.444.